The molecule has 0 spiro atoms. The summed E-state index contributed by atoms with van der Waals surface area (Å²) in [5.41, 5.74) is 0.986. The molecule has 2 rings (SSSR count). The molecule has 19 heavy (non-hydrogen) atoms. The van der Waals surface area contributed by atoms with E-state index in [1.54, 1.807) is 12.1 Å². The summed E-state index contributed by atoms with van der Waals surface area (Å²) in [5, 5.41) is 4.26. The van der Waals surface area contributed by atoms with Crippen LogP contribution in [0.15, 0.2) is 42.5 Å². The largest absolute Gasteiger partial charge is 0.356 e. The third-order valence-corrected chi connectivity index (χ3v) is 2.89. The van der Waals surface area contributed by atoms with Crippen molar-refractivity contribution in [2.75, 3.05) is 6.54 Å². The van der Waals surface area contributed by atoms with E-state index in [0.29, 0.717) is 11.9 Å². The summed E-state index contributed by atoms with van der Waals surface area (Å²) < 4.78 is 13.6. The molecule has 0 unspecified atom stereocenters. The van der Waals surface area contributed by atoms with E-state index < -0.39 is 0 Å². The van der Waals surface area contributed by atoms with E-state index in [0.717, 1.165) is 17.4 Å². The van der Waals surface area contributed by atoms with Gasteiger partial charge in [0, 0.05) is 18.9 Å². The summed E-state index contributed by atoms with van der Waals surface area (Å²) in [7, 11) is 0. The Morgan fingerprint density at radius 2 is 1.95 bits per heavy atom. The summed E-state index contributed by atoms with van der Waals surface area (Å²) in [4.78, 5) is 10.7. The molecule has 0 saturated heterocycles. The minimum absolute atomic E-state index is 0.0272. The van der Waals surface area contributed by atoms with E-state index in [-0.39, 0.29) is 11.7 Å². The molecule has 2 nitrogen and oxygen atoms in total. The first-order chi connectivity index (χ1) is 9.18. The summed E-state index contributed by atoms with van der Waals surface area (Å²) in [6.07, 6.45) is 4.70. The number of hydrogen-bond donors (Lipinski definition) is 1. The molecular formula is C16H16FNO. The van der Waals surface area contributed by atoms with Gasteiger partial charge in [-0.1, -0.05) is 42.5 Å². The Morgan fingerprint density at radius 1 is 1.21 bits per heavy atom. The average Bonchev–Trinajstić information content (AvgIpc) is 2.41. The SMILES string of the molecule is CC(=O)NCCC=Cc1ccc(F)c2ccccc12. The van der Waals surface area contributed by atoms with Crippen LogP contribution in [0.2, 0.25) is 0 Å². The van der Waals surface area contributed by atoms with Crippen LogP contribution < -0.4 is 5.32 Å². The van der Waals surface area contributed by atoms with E-state index in [4.69, 9.17) is 0 Å². The van der Waals surface area contributed by atoms with Gasteiger partial charge >= 0.3 is 0 Å². The monoisotopic (exact) mass is 257 g/mol. The number of carbonyl (C=O) groups is 1. The first-order valence-corrected chi connectivity index (χ1v) is 6.26. The van der Waals surface area contributed by atoms with Crippen LogP contribution >= 0.6 is 0 Å². The number of nitrogens with one attached hydrogen (secondary N) is 1. The van der Waals surface area contributed by atoms with Crippen LogP contribution in [0, 0.1) is 5.82 Å². The van der Waals surface area contributed by atoms with E-state index in [9.17, 15) is 9.18 Å². The second kappa shape index (κ2) is 6.14. The molecule has 0 aliphatic heterocycles. The summed E-state index contributed by atoms with van der Waals surface area (Å²) in [6, 6.07) is 10.7. The second-order valence-electron chi connectivity index (χ2n) is 4.36. The van der Waals surface area contributed by atoms with Gasteiger partial charge in [-0.15, -0.1) is 0 Å². The van der Waals surface area contributed by atoms with Gasteiger partial charge in [-0.2, -0.15) is 0 Å². The lowest BCUT2D eigenvalue weighted by atomic mass is 10.0. The highest BCUT2D eigenvalue weighted by atomic mass is 19.1. The van der Waals surface area contributed by atoms with Gasteiger partial charge in [0.05, 0.1) is 0 Å². The van der Waals surface area contributed by atoms with Gasteiger partial charge in [-0.05, 0) is 23.4 Å². The molecule has 0 radical (unpaired) electrons. The maximum Gasteiger partial charge on any atom is 0.216 e. The van der Waals surface area contributed by atoms with Crippen molar-refractivity contribution < 1.29 is 9.18 Å². The topological polar surface area (TPSA) is 29.1 Å². The second-order valence-corrected chi connectivity index (χ2v) is 4.36. The molecule has 0 aliphatic carbocycles. The Balaban J connectivity index is 2.15. The molecule has 0 fully saturated rings. The predicted molar refractivity (Wildman–Crippen MR) is 76.2 cm³/mol. The van der Waals surface area contributed by atoms with Crippen molar-refractivity contribution in [2.45, 2.75) is 13.3 Å². The average molecular weight is 257 g/mol. The number of fused-ring (bicyclic) bond motifs is 1. The van der Waals surface area contributed by atoms with Crippen molar-refractivity contribution in [1.29, 1.82) is 0 Å². The lowest BCUT2D eigenvalue weighted by Gasteiger charge is -2.03. The third kappa shape index (κ3) is 3.41. The summed E-state index contributed by atoms with van der Waals surface area (Å²) in [6.45, 7) is 2.11. The molecule has 0 saturated carbocycles. The maximum atomic E-state index is 13.6. The van der Waals surface area contributed by atoms with Crippen LogP contribution in [0.25, 0.3) is 16.8 Å². The minimum atomic E-state index is -0.203. The van der Waals surface area contributed by atoms with Gasteiger partial charge in [0.15, 0.2) is 0 Å². The molecule has 1 N–H and O–H groups in total. The Labute approximate surface area is 111 Å². The number of amides is 1. The lowest BCUT2D eigenvalue weighted by Crippen LogP contribution is -2.20. The fraction of sp³-hybridized carbons (Fsp3) is 0.188. The number of rotatable bonds is 4. The van der Waals surface area contributed by atoms with E-state index in [1.807, 2.05) is 30.4 Å². The lowest BCUT2D eigenvalue weighted by molar-refractivity contribution is -0.118. The first kappa shape index (κ1) is 13.3. The van der Waals surface area contributed by atoms with Crippen molar-refractivity contribution >= 4 is 22.8 Å². The number of carbonyl (C=O) groups excluding carboxylic acids is 1. The van der Waals surface area contributed by atoms with Crippen molar-refractivity contribution in [3.05, 3.63) is 53.9 Å². The quantitative estimate of drug-likeness (QED) is 0.834. The Bertz CT molecular complexity index is 619. The van der Waals surface area contributed by atoms with Crippen LogP contribution in [-0.4, -0.2) is 12.5 Å². The van der Waals surface area contributed by atoms with E-state index in [1.165, 1.54) is 13.0 Å². The fourth-order valence-electron chi connectivity index (χ4n) is 1.97. The standard InChI is InChI=1S/C16H16FNO/c1-12(19)18-11-5-4-6-13-9-10-16(17)15-8-3-2-7-14(13)15/h2-4,6-10H,5,11H2,1H3,(H,18,19). The first-order valence-electron chi connectivity index (χ1n) is 6.26. The Morgan fingerprint density at radius 3 is 2.68 bits per heavy atom. The zero-order chi connectivity index (χ0) is 13.7. The van der Waals surface area contributed by atoms with Crippen LogP contribution in [-0.2, 0) is 4.79 Å². The molecule has 2 aromatic carbocycles. The zero-order valence-corrected chi connectivity index (χ0v) is 10.8. The van der Waals surface area contributed by atoms with Gasteiger partial charge < -0.3 is 5.32 Å². The summed E-state index contributed by atoms with van der Waals surface area (Å²) >= 11 is 0. The third-order valence-electron chi connectivity index (χ3n) is 2.89. The van der Waals surface area contributed by atoms with E-state index >= 15 is 0 Å². The molecule has 1 amide bonds. The van der Waals surface area contributed by atoms with Gasteiger partial charge in [0.25, 0.3) is 0 Å². The molecular weight excluding hydrogens is 241 g/mol. The molecule has 0 heterocycles. The number of hydrogen-bond acceptors (Lipinski definition) is 1. The van der Waals surface area contributed by atoms with Crippen molar-refractivity contribution in [1.82, 2.24) is 5.32 Å². The van der Waals surface area contributed by atoms with Gasteiger partial charge in [0.1, 0.15) is 5.82 Å². The molecule has 0 atom stereocenters. The highest BCUT2D eigenvalue weighted by molar-refractivity contribution is 5.91. The molecule has 0 aromatic heterocycles. The fourth-order valence-corrected chi connectivity index (χ4v) is 1.97. The van der Waals surface area contributed by atoms with Crippen molar-refractivity contribution in [3.63, 3.8) is 0 Å². The van der Waals surface area contributed by atoms with Crippen molar-refractivity contribution in [3.8, 4) is 0 Å². The van der Waals surface area contributed by atoms with Crippen LogP contribution in [0.3, 0.4) is 0 Å². The highest BCUT2D eigenvalue weighted by Gasteiger charge is 2.02. The molecule has 3 heteroatoms. The zero-order valence-electron chi connectivity index (χ0n) is 10.8. The Kier molecular flexibility index (Phi) is 4.29. The van der Waals surface area contributed by atoms with Crippen LogP contribution in [0.4, 0.5) is 4.39 Å². The van der Waals surface area contributed by atoms with Crippen molar-refractivity contribution in [2.24, 2.45) is 0 Å². The maximum absolute atomic E-state index is 13.6. The van der Waals surface area contributed by atoms with Gasteiger partial charge in [-0.3, -0.25) is 4.79 Å². The molecule has 2 aromatic rings. The normalized spacial score (nSPS) is 11.1. The smallest absolute Gasteiger partial charge is 0.216 e. The molecule has 98 valence electrons. The van der Waals surface area contributed by atoms with Crippen LogP contribution in [0.1, 0.15) is 18.9 Å². The molecule has 0 bridgehead atoms. The van der Waals surface area contributed by atoms with Crippen LogP contribution in [0.5, 0.6) is 0 Å². The van der Waals surface area contributed by atoms with Gasteiger partial charge in [0.2, 0.25) is 5.91 Å². The van der Waals surface area contributed by atoms with E-state index in [2.05, 4.69) is 5.32 Å². The Hall–Kier alpha value is -2.16. The molecule has 0 aliphatic rings. The highest BCUT2D eigenvalue weighted by Crippen LogP contribution is 2.22. The number of halogens is 1. The predicted octanol–water partition coefficient (Wildman–Crippen LogP) is 3.52. The number of benzene rings is 2. The van der Waals surface area contributed by atoms with Gasteiger partial charge in [-0.25, -0.2) is 4.39 Å². The summed E-state index contributed by atoms with van der Waals surface area (Å²) in [5.74, 6) is -0.230. The minimum Gasteiger partial charge on any atom is -0.356 e.